The summed E-state index contributed by atoms with van der Waals surface area (Å²) in [6, 6.07) is 0. The Hall–Kier alpha value is 1.29. The molecule has 0 aromatic carbocycles. The molecule has 0 saturated heterocycles. The molecule has 1 saturated carbocycles. The third-order valence-electron chi connectivity index (χ3n) is 0.629. The average molecular weight is 260 g/mol. The van der Waals surface area contributed by atoms with Gasteiger partial charge in [0.05, 0.1) is 0 Å². The van der Waals surface area contributed by atoms with Gasteiger partial charge in [0.2, 0.25) is 0 Å². The van der Waals surface area contributed by atoms with Crippen molar-refractivity contribution < 1.29 is 75.0 Å². The zero-order valence-corrected chi connectivity index (χ0v) is 9.80. The number of carbonyl (C=O) groups excluding carboxylic acids is 2. The van der Waals surface area contributed by atoms with Gasteiger partial charge in [-0.25, -0.2) is 0 Å². The summed E-state index contributed by atoms with van der Waals surface area (Å²) in [5.41, 5.74) is 0. The predicted octanol–water partition coefficient (Wildman–Crippen LogP) is -0.458. The number of hydrogen-bond acceptors (Lipinski definition) is 2. The number of rotatable bonds is 0. The van der Waals surface area contributed by atoms with Gasteiger partial charge in [-0.3, -0.25) is 0 Å². The molecule has 0 unspecified atom stereocenters. The van der Waals surface area contributed by atoms with Gasteiger partial charge >= 0.3 is 0 Å². The zero-order valence-electron chi connectivity index (χ0n) is 4.13. The summed E-state index contributed by atoms with van der Waals surface area (Å²) in [7, 11) is 0. The molecule has 0 atom stereocenters. The van der Waals surface area contributed by atoms with E-state index in [0.717, 1.165) is 0 Å². The predicted molar refractivity (Wildman–Crippen MR) is 18.6 cm³/mol. The van der Waals surface area contributed by atoms with Crippen molar-refractivity contribution >= 4 is 11.6 Å². The Kier molecular flexibility index (Phi) is 7.66. The molecule has 0 aliphatic heterocycles. The first-order valence-corrected chi connectivity index (χ1v) is 1.57. The van der Waals surface area contributed by atoms with E-state index in [0.29, 0.717) is 0 Å². The third kappa shape index (κ3) is 2.72. The minimum Gasteiger partial charge on any atom is -0.440 e. The molecule has 1 aliphatic rings. The Morgan fingerprint density at radius 3 is 1.12 bits per heavy atom. The summed E-state index contributed by atoms with van der Waals surface area (Å²) < 4.78 is 0. The van der Waals surface area contributed by atoms with Crippen LogP contribution in [0.4, 0.5) is 0 Å². The molecule has 0 spiro atoms. The first-order valence-electron chi connectivity index (χ1n) is 1.57. The van der Waals surface area contributed by atoms with Crippen LogP contribution in [0.15, 0.2) is 0 Å². The van der Waals surface area contributed by atoms with Gasteiger partial charge in [-0.1, -0.05) is 0 Å². The number of carbonyl (C=O) groups is 2. The van der Waals surface area contributed by atoms with Crippen LogP contribution in [-0.2, 0) is 75.0 Å². The van der Waals surface area contributed by atoms with E-state index >= 15 is 0 Å². The minimum atomic E-state index is -0.380. The molecule has 0 aromatic heterocycles. The average Bonchev–Trinajstić information content (AvgIpc) is 1.61. The van der Waals surface area contributed by atoms with Crippen LogP contribution in [0.5, 0.6) is 0 Å². The maximum Gasteiger partial charge on any atom is 0 e. The second-order valence-electron chi connectivity index (χ2n) is 1.06. The SMILES string of the molecule is O=C1[CH-][CH-]C1=O.[Y].[Y]. The van der Waals surface area contributed by atoms with Crippen molar-refractivity contribution in [2.24, 2.45) is 0 Å². The van der Waals surface area contributed by atoms with E-state index in [-0.39, 0.29) is 77.0 Å². The second-order valence-corrected chi connectivity index (χ2v) is 1.06. The van der Waals surface area contributed by atoms with Crippen LogP contribution in [-0.4, -0.2) is 11.6 Å². The summed E-state index contributed by atoms with van der Waals surface area (Å²) >= 11 is 0. The summed E-state index contributed by atoms with van der Waals surface area (Å²) in [5.74, 6) is -0.759. The molecule has 1 aliphatic carbocycles. The van der Waals surface area contributed by atoms with Crippen LogP contribution in [0, 0.1) is 12.8 Å². The second kappa shape index (κ2) is 5.10. The molecule has 8 heavy (non-hydrogen) atoms. The Labute approximate surface area is 97.9 Å². The molecule has 38 valence electrons. The van der Waals surface area contributed by atoms with E-state index in [2.05, 4.69) is 0 Å². The zero-order chi connectivity index (χ0) is 4.57. The van der Waals surface area contributed by atoms with Crippen molar-refractivity contribution in [3.63, 3.8) is 0 Å². The van der Waals surface area contributed by atoms with Crippen molar-refractivity contribution in [1.82, 2.24) is 0 Å². The fourth-order valence-electron chi connectivity index (χ4n) is 0.219. The fraction of sp³-hybridized carbons (Fsp3) is 0. The maximum atomic E-state index is 9.79. The van der Waals surface area contributed by atoms with Crippen molar-refractivity contribution in [1.29, 1.82) is 0 Å². The van der Waals surface area contributed by atoms with E-state index in [1.165, 1.54) is 12.8 Å². The molecule has 1 rings (SSSR count). The van der Waals surface area contributed by atoms with E-state index < -0.39 is 0 Å². The first-order chi connectivity index (χ1) is 2.80. The molecule has 0 aromatic rings. The van der Waals surface area contributed by atoms with Gasteiger partial charge in [-0.05, 0) is 0 Å². The molecule has 0 N–H and O–H groups in total. The normalized spacial score (nSPS) is 13.5. The monoisotopic (exact) mass is 260 g/mol. The van der Waals surface area contributed by atoms with Crippen LogP contribution in [0.3, 0.4) is 0 Å². The van der Waals surface area contributed by atoms with Crippen molar-refractivity contribution in [2.45, 2.75) is 0 Å². The number of hydrogen-bond donors (Lipinski definition) is 0. The van der Waals surface area contributed by atoms with Crippen LogP contribution < -0.4 is 0 Å². The van der Waals surface area contributed by atoms with Crippen LogP contribution in [0.2, 0.25) is 0 Å². The van der Waals surface area contributed by atoms with E-state index in [1.54, 1.807) is 0 Å². The van der Waals surface area contributed by atoms with Crippen molar-refractivity contribution in [3.05, 3.63) is 12.8 Å². The number of Topliss-reactive ketones (excluding diaryl/α,β-unsaturated/α-hetero) is 2. The van der Waals surface area contributed by atoms with Crippen molar-refractivity contribution in [3.8, 4) is 0 Å². The Bertz CT molecular complexity index is 96.6. The summed E-state index contributed by atoms with van der Waals surface area (Å²) in [4.78, 5) is 19.6. The van der Waals surface area contributed by atoms with E-state index in [4.69, 9.17) is 0 Å². The molecule has 4 heteroatoms. The molecule has 2 nitrogen and oxygen atoms in total. The van der Waals surface area contributed by atoms with Crippen molar-refractivity contribution in [2.75, 3.05) is 0 Å². The van der Waals surface area contributed by atoms with E-state index in [1.807, 2.05) is 0 Å². The quantitative estimate of drug-likeness (QED) is 0.436. The van der Waals surface area contributed by atoms with Gasteiger partial charge in [-0.2, -0.15) is 0 Å². The van der Waals surface area contributed by atoms with Crippen LogP contribution >= 0.6 is 0 Å². The molecule has 0 heterocycles. The Balaban J connectivity index is 0. The fourth-order valence-corrected chi connectivity index (χ4v) is 0.219. The standard InChI is InChI=1S/C4H2O2.2Y/c5-3-1-2-4(3)6;;/h1-2H;;/q-2;;. The first kappa shape index (κ1) is 12.0. The molecular formula is C4H2O2Y2-2. The summed E-state index contributed by atoms with van der Waals surface area (Å²) in [5, 5.41) is 0. The topological polar surface area (TPSA) is 34.1 Å². The molecular weight excluding hydrogens is 258 g/mol. The largest absolute Gasteiger partial charge is 0.440 e. The van der Waals surface area contributed by atoms with Gasteiger partial charge in [0, 0.05) is 65.4 Å². The molecule has 0 bridgehead atoms. The Morgan fingerprint density at radius 2 is 1.12 bits per heavy atom. The third-order valence-corrected chi connectivity index (χ3v) is 0.629. The Morgan fingerprint density at radius 1 is 0.875 bits per heavy atom. The van der Waals surface area contributed by atoms with Gasteiger partial charge in [-0.15, -0.1) is 11.6 Å². The van der Waals surface area contributed by atoms with E-state index in [9.17, 15) is 9.59 Å². The summed E-state index contributed by atoms with van der Waals surface area (Å²) in [6.07, 6.45) is 2.50. The van der Waals surface area contributed by atoms with Crippen LogP contribution in [0.1, 0.15) is 0 Å². The minimum absolute atomic E-state index is 0. The van der Waals surface area contributed by atoms with Gasteiger partial charge < -0.3 is 22.4 Å². The van der Waals surface area contributed by atoms with Gasteiger partial charge in [0.15, 0.2) is 0 Å². The smallest absolute Gasteiger partial charge is 0 e. The summed E-state index contributed by atoms with van der Waals surface area (Å²) in [6.45, 7) is 0. The molecule has 2 radical (unpaired) electrons. The molecule has 1 fully saturated rings. The maximum absolute atomic E-state index is 9.79. The van der Waals surface area contributed by atoms with Gasteiger partial charge in [0.1, 0.15) is 0 Å². The number of ketones is 2. The molecule has 0 amide bonds. The van der Waals surface area contributed by atoms with Crippen LogP contribution in [0.25, 0.3) is 0 Å². The van der Waals surface area contributed by atoms with Gasteiger partial charge in [0.25, 0.3) is 0 Å².